The Bertz CT molecular complexity index is 3270. The molecule has 0 aliphatic heterocycles. The summed E-state index contributed by atoms with van der Waals surface area (Å²) in [6.45, 7) is 0. The molecule has 0 N–H and O–H groups in total. The first-order valence-corrected chi connectivity index (χ1v) is 17.4. The van der Waals surface area contributed by atoms with Crippen LogP contribution < -0.4 is 0 Å². The van der Waals surface area contributed by atoms with E-state index in [0.717, 1.165) is 102 Å². The van der Waals surface area contributed by atoms with Crippen molar-refractivity contribution in [1.82, 2.24) is 27.9 Å². The van der Waals surface area contributed by atoms with Crippen molar-refractivity contribution in [3.8, 4) is 22.5 Å². The smallest absolute Gasteiger partial charge is 0.220 e. The van der Waals surface area contributed by atoms with Gasteiger partial charge >= 0.3 is 0 Å². The van der Waals surface area contributed by atoms with E-state index in [-0.39, 0.29) is 0 Å². The molecule has 0 unspecified atom stereocenters. The molecule has 0 saturated heterocycles. The third-order valence-electron chi connectivity index (χ3n) is 10.6. The molecule has 240 valence electrons. The van der Waals surface area contributed by atoms with Gasteiger partial charge in [-0.05, 0) is 109 Å². The molecule has 0 radical (unpaired) electrons. The highest BCUT2D eigenvalue weighted by Gasteiger charge is 2.23. The molecule has 5 aromatic heterocycles. The number of fused-ring (bicyclic) bond motifs is 13. The molecule has 0 fully saturated rings. The molecule has 7 heteroatoms. The highest BCUT2D eigenvalue weighted by Crippen LogP contribution is 2.37. The molecule has 5 heterocycles. The topological polar surface area (TPSA) is 57.6 Å². The van der Waals surface area contributed by atoms with Crippen LogP contribution in [0.15, 0.2) is 144 Å². The number of nitrogens with zero attached hydrogens (tertiary/aromatic N) is 6. The van der Waals surface area contributed by atoms with Crippen molar-refractivity contribution < 1.29 is 4.42 Å². The van der Waals surface area contributed by atoms with Gasteiger partial charge in [0.1, 0.15) is 11.2 Å². The highest BCUT2D eigenvalue weighted by molar-refractivity contribution is 6.07. The van der Waals surface area contributed by atoms with Gasteiger partial charge in [-0.25, -0.2) is 9.97 Å². The molecular formula is C44H28N6O. The van der Waals surface area contributed by atoms with Crippen molar-refractivity contribution in [2.45, 2.75) is 12.8 Å². The summed E-state index contributed by atoms with van der Waals surface area (Å²) in [4.78, 5) is 10.2. The van der Waals surface area contributed by atoms with E-state index in [1.54, 1.807) is 0 Å². The second kappa shape index (κ2) is 9.86. The molecule has 12 rings (SSSR count). The number of allylic oxidation sites excluding steroid dienone is 1. The van der Waals surface area contributed by atoms with Crippen molar-refractivity contribution in [2.24, 2.45) is 0 Å². The molecule has 7 nitrogen and oxygen atoms in total. The molecule has 0 spiro atoms. The van der Waals surface area contributed by atoms with Gasteiger partial charge in [-0.1, -0.05) is 60.7 Å². The average Bonchev–Trinajstić information content (AvgIpc) is 3.97. The van der Waals surface area contributed by atoms with Crippen LogP contribution in [0, 0.1) is 0 Å². The molecule has 0 atom stereocenters. The summed E-state index contributed by atoms with van der Waals surface area (Å²) in [6, 6.07) is 47.1. The molecule has 51 heavy (non-hydrogen) atoms. The first-order chi connectivity index (χ1) is 25.3. The average molecular weight is 657 g/mol. The van der Waals surface area contributed by atoms with Gasteiger partial charge in [-0.3, -0.25) is 17.9 Å². The van der Waals surface area contributed by atoms with Crippen molar-refractivity contribution in [1.29, 1.82) is 0 Å². The van der Waals surface area contributed by atoms with Gasteiger partial charge in [0.15, 0.2) is 0 Å². The summed E-state index contributed by atoms with van der Waals surface area (Å²) in [6.07, 6.45) is 6.54. The van der Waals surface area contributed by atoms with Crippen LogP contribution in [-0.2, 0) is 6.42 Å². The van der Waals surface area contributed by atoms with E-state index in [1.165, 1.54) is 11.4 Å². The predicted octanol–water partition coefficient (Wildman–Crippen LogP) is 10.5. The zero-order valence-corrected chi connectivity index (χ0v) is 27.4. The Hall–Kier alpha value is -6.86. The monoisotopic (exact) mass is 656 g/mol. The van der Waals surface area contributed by atoms with E-state index >= 15 is 0 Å². The lowest BCUT2D eigenvalue weighted by molar-refractivity contribution is 0.669. The minimum Gasteiger partial charge on any atom is -0.456 e. The number of imidazole rings is 4. The second-order valence-electron chi connectivity index (χ2n) is 13.4. The van der Waals surface area contributed by atoms with E-state index in [0.29, 0.717) is 0 Å². The SMILES string of the molecule is C1=Cc2c(n3c4ccccc4nc3n2-c2cccc(-c3ccc4oc5ccc(-n6c7ccccc7n7c8ccccc8nc67)cc5c4c3)c2)CC1. The fraction of sp³-hybridized carbons (Fsp3) is 0.0455. The number of aryl methyl sites for hydroxylation is 1. The highest BCUT2D eigenvalue weighted by atomic mass is 16.3. The Morgan fingerprint density at radius 3 is 1.98 bits per heavy atom. The largest absolute Gasteiger partial charge is 0.456 e. The Kier molecular flexibility index (Phi) is 5.22. The fourth-order valence-electron chi connectivity index (χ4n) is 8.37. The van der Waals surface area contributed by atoms with E-state index in [2.05, 4.69) is 157 Å². The predicted molar refractivity (Wildman–Crippen MR) is 205 cm³/mol. The van der Waals surface area contributed by atoms with Crippen LogP contribution in [0.5, 0.6) is 0 Å². The molecule has 0 saturated carbocycles. The summed E-state index contributed by atoms with van der Waals surface area (Å²) >= 11 is 0. The number of aromatic nitrogens is 6. The maximum absolute atomic E-state index is 6.41. The molecule has 1 aliphatic carbocycles. The first kappa shape index (κ1) is 27.0. The van der Waals surface area contributed by atoms with E-state index < -0.39 is 0 Å². The minimum atomic E-state index is 0.861. The van der Waals surface area contributed by atoms with Gasteiger partial charge in [0.2, 0.25) is 11.6 Å². The first-order valence-electron chi connectivity index (χ1n) is 17.4. The maximum Gasteiger partial charge on any atom is 0.220 e. The quantitative estimate of drug-likeness (QED) is 0.190. The Morgan fingerprint density at radius 1 is 0.510 bits per heavy atom. The minimum absolute atomic E-state index is 0.861. The van der Waals surface area contributed by atoms with Crippen LogP contribution in [0.4, 0.5) is 0 Å². The zero-order valence-electron chi connectivity index (χ0n) is 27.4. The lowest BCUT2D eigenvalue weighted by atomic mass is 10.0. The molecular weight excluding hydrogens is 629 g/mol. The van der Waals surface area contributed by atoms with Crippen LogP contribution in [0.3, 0.4) is 0 Å². The van der Waals surface area contributed by atoms with Gasteiger partial charge in [0, 0.05) is 16.5 Å². The van der Waals surface area contributed by atoms with Gasteiger partial charge < -0.3 is 4.42 Å². The molecule has 11 aromatic rings. The number of furan rings is 1. The molecule has 0 amide bonds. The van der Waals surface area contributed by atoms with Gasteiger partial charge in [0.05, 0.1) is 50.2 Å². The van der Waals surface area contributed by atoms with Crippen LogP contribution in [-0.4, -0.2) is 27.9 Å². The fourth-order valence-corrected chi connectivity index (χ4v) is 8.37. The lowest BCUT2D eigenvalue weighted by Gasteiger charge is -2.12. The van der Waals surface area contributed by atoms with Gasteiger partial charge in [-0.2, -0.15) is 0 Å². The number of benzene rings is 6. The maximum atomic E-state index is 6.41. The summed E-state index contributed by atoms with van der Waals surface area (Å²) in [5.74, 6) is 1.84. The third kappa shape index (κ3) is 3.67. The Balaban J connectivity index is 1.03. The summed E-state index contributed by atoms with van der Waals surface area (Å²) in [5.41, 5.74) is 15.1. The lowest BCUT2D eigenvalue weighted by Crippen LogP contribution is -2.01. The summed E-state index contributed by atoms with van der Waals surface area (Å²) in [7, 11) is 0. The zero-order chi connectivity index (χ0) is 33.2. The van der Waals surface area contributed by atoms with Crippen LogP contribution in [0.2, 0.25) is 0 Å². The van der Waals surface area contributed by atoms with E-state index in [9.17, 15) is 0 Å². The summed E-state index contributed by atoms with van der Waals surface area (Å²) in [5, 5.41) is 2.15. The molecule has 1 aliphatic rings. The number of para-hydroxylation sites is 6. The molecule has 6 aromatic carbocycles. The normalized spacial score (nSPS) is 13.3. The van der Waals surface area contributed by atoms with Crippen LogP contribution >= 0.6 is 0 Å². The van der Waals surface area contributed by atoms with Crippen molar-refractivity contribution >= 4 is 72.7 Å². The van der Waals surface area contributed by atoms with Gasteiger partial charge in [0.25, 0.3) is 0 Å². The Morgan fingerprint density at radius 2 is 1.16 bits per heavy atom. The standard InChI is InChI=1S/C44H28N6O/c1-3-14-35-33(12-1)45-43-47(37-16-5-7-18-39(37)49(35)43)29-11-9-10-27(24-29)28-20-22-41-31(25-28)32-26-30(21-23-42(32)51-41)48-38-17-6-8-19-40(38)50-36-15-4-2-13-34(36)46-44(48)50/h1-6,8-17,19-26H,7,18H2. The van der Waals surface area contributed by atoms with E-state index in [1.807, 2.05) is 6.07 Å². The van der Waals surface area contributed by atoms with Crippen molar-refractivity contribution in [3.63, 3.8) is 0 Å². The van der Waals surface area contributed by atoms with Gasteiger partial charge in [-0.15, -0.1) is 0 Å². The third-order valence-corrected chi connectivity index (χ3v) is 10.6. The van der Waals surface area contributed by atoms with Crippen LogP contribution in [0.25, 0.3) is 95.2 Å². The number of hydrogen-bond acceptors (Lipinski definition) is 3. The summed E-state index contributed by atoms with van der Waals surface area (Å²) < 4.78 is 15.6. The molecule has 0 bridgehead atoms. The van der Waals surface area contributed by atoms with Crippen molar-refractivity contribution in [3.05, 3.63) is 151 Å². The van der Waals surface area contributed by atoms with Crippen LogP contribution in [0.1, 0.15) is 17.8 Å². The Labute approximate surface area is 290 Å². The number of rotatable bonds is 3. The van der Waals surface area contributed by atoms with E-state index in [4.69, 9.17) is 14.4 Å². The second-order valence-corrected chi connectivity index (χ2v) is 13.4. The van der Waals surface area contributed by atoms with Crippen molar-refractivity contribution in [2.75, 3.05) is 0 Å². The number of hydrogen-bond donors (Lipinski definition) is 0.